The molecule has 6 nitrogen and oxygen atoms in total. The SMILES string of the molecule is CCOCCCN1CC[C@@H](N2C(=O)CN(Cc3ccc(Cl)cc3)C2=O)[C@H](C)C1. The van der Waals surface area contributed by atoms with E-state index in [4.69, 9.17) is 16.3 Å². The molecule has 0 aromatic heterocycles. The van der Waals surface area contributed by atoms with Crippen molar-refractivity contribution in [1.82, 2.24) is 14.7 Å². The quantitative estimate of drug-likeness (QED) is 0.490. The number of hydrogen-bond acceptors (Lipinski definition) is 4. The highest BCUT2D eigenvalue weighted by Crippen LogP contribution is 2.27. The van der Waals surface area contributed by atoms with Gasteiger partial charge >= 0.3 is 6.03 Å². The molecule has 0 saturated carbocycles. The van der Waals surface area contributed by atoms with Gasteiger partial charge in [0.05, 0.1) is 0 Å². The maximum absolute atomic E-state index is 12.9. The first-order valence-corrected chi connectivity index (χ1v) is 10.5. The third-order valence-electron chi connectivity index (χ3n) is 5.60. The molecule has 2 aliphatic heterocycles. The standard InChI is InChI=1S/C21H30ClN3O3/c1-3-28-12-4-10-23-11-9-19(16(2)13-23)25-20(26)15-24(21(25)27)14-17-5-7-18(22)8-6-17/h5-8,16,19H,3-4,9-15H2,1-2H3/t16-,19-/m1/s1. The zero-order valence-electron chi connectivity index (χ0n) is 16.8. The number of carbonyl (C=O) groups excluding carboxylic acids is 2. The second-order valence-electron chi connectivity index (χ2n) is 7.71. The van der Waals surface area contributed by atoms with Gasteiger partial charge in [-0.15, -0.1) is 0 Å². The minimum Gasteiger partial charge on any atom is -0.382 e. The lowest BCUT2D eigenvalue weighted by molar-refractivity contribution is -0.128. The van der Waals surface area contributed by atoms with Gasteiger partial charge in [0.25, 0.3) is 5.91 Å². The molecule has 2 atom stereocenters. The number of benzene rings is 1. The molecule has 3 amide bonds. The number of hydrogen-bond donors (Lipinski definition) is 0. The highest BCUT2D eigenvalue weighted by atomic mass is 35.5. The maximum Gasteiger partial charge on any atom is 0.327 e. The van der Waals surface area contributed by atoms with Crippen LogP contribution >= 0.6 is 11.6 Å². The Morgan fingerprint density at radius 1 is 1.21 bits per heavy atom. The molecular formula is C21H30ClN3O3. The topological polar surface area (TPSA) is 53.1 Å². The van der Waals surface area contributed by atoms with Crippen LogP contribution in [0.15, 0.2) is 24.3 Å². The molecule has 2 aliphatic rings. The number of carbonyl (C=O) groups is 2. The number of piperidine rings is 1. The Bertz CT molecular complexity index is 682. The number of rotatable bonds is 8. The summed E-state index contributed by atoms with van der Waals surface area (Å²) in [7, 11) is 0. The van der Waals surface area contributed by atoms with Crippen molar-refractivity contribution in [3.05, 3.63) is 34.9 Å². The fraction of sp³-hybridized carbons (Fsp3) is 0.619. The summed E-state index contributed by atoms with van der Waals surface area (Å²) in [5.74, 6) is 0.185. The van der Waals surface area contributed by atoms with Crippen LogP contribution in [0.1, 0.15) is 32.3 Å². The summed E-state index contributed by atoms with van der Waals surface area (Å²) in [6.07, 6.45) is 1.85. The third kappa shape index (κ3) is 5.04. The monoisotopic (exact) mass is 407 g/mol. The van der Waals surface area contributed by atoms with Crippen molar-refractivity contribution in [2.24, 2.45) is 5.92 Å². The maximum atomic E-state index is 12.9. The van der Waals surface area contributed by atoms with Crippen molar-refractivity contribution in [3.8, 4) is 0 Å². The van der Waals surface area contributed by atoms with Gasteiger partial charge < -0.3 is 14.5 Å². The number of ether oxygens (including phenoxy) is 1. The minimum absolute atomic E-state index is 0.0154. The summed E-state index contributed by atoms with van der Waals surface area (Å²) < 4.78 is 5.41. The molecule has 154 valence electrons. The molecule has 2 fully saturated rings. The Kier molecular flexibility index (Phi) is 7.32. The van der Waals surface area contributed by atoms with Gasteiger partial charge in [-0.1, -0.05) is 30.7 Å². The minimum atomic E-state index is -0.165. The van der Waals surface area contributed by atoms with E-state index >= 15 is 0 Å². The molecular weight excluding hydrogens is 378 g/mol. The highest BCUT2D eigenvalue weighted by Gasteiger charge is 2.43. The van der Waals surface area contributed by atoms with Gasteiger partial charge in [-0.2, -0.15) is 0 Å². The molecule has 3 rings (SSSR count). The van der Waals surface area contributed by atoms with Crippen molar-refractivity contribution < 1.29 is 14.3 Å². The normalized spacial score (nSPS) is 23.7. The Hall–Kier alpha value is -1.63. The van der Waals surface area contributed by atoms with E-state index in [1.54, 1.807) is 17.0 Å². The zero-order chi connectivity index (χ0) is 20.1. The van der Waals surface area contributed by atoms with Gasteiger partial charge in [0.2, 0.25) is 0 Å². The summed E-state index contributed by atoms with van der Waals surface area (Å²) in [6.45, 7) is 9.10. The smallest absolute Gasteiger partial charge is 0.327 e. The molecule has 1 aromatic rings. The van der Waals surface area contributed by atoms with E-state index in [-0.39, 0.29) is 30.4 Å². The van der Waals surface area contributed by atoms with Gasteiger partial charge in [0.15, 0.2) is 0 Å². The largest absolute Gasteiger partial charge is 0.382 e. The fourth-order valence-electron chi connectivity index (χ4n) is 4.17. The van der Waals surface area contributed by atoms with Crippen LogP contribution in [0, 0.1) is 5.92 Å². The Balaban J connectivity index is 1.55. The predicted molar refractivity (Wildman–Crippen MR) is 109 cm³/mol. The van der Waals surface area contributed by atoms with E-state index in [1.807, 2.05) is 19.1 Å². The van der Waals surface area contributed by atoms with E-state index in [0.717, 1.165) is 51.3 Å². The predicted octanol–water partition coefficient (Wildman–Crippen LogP) is 3.24. The first-order chi connectivity index (χ1) is 13.5. The summed E-state index contributed by atoms with van der Waals surface area (Å²) >= 11 is 5.93. The number of nitrogens with zero attached hydrogens (tertiary/aromatic N) is 3. The second-order valence-corrected chi connectivity index (χ2v) is 8.15. The van der Waals surface area contributed by atoms with Crippen molar-refractivity contribution in [2.75, 3.05) is 39.4 Å². The molecule has 1 aromatic carbocycles. The summed E-state index contributed by atoms with van der Waals surface area (Å²) in [6, 6.07) is 7.22. The Morgan fingerprint density at radius 3 is 2.64 bits per heavy atom. The molecule has 0 N–H and O–H groups in total. The van der Waals surface area contributed by atoms with Crippen LogP contribution in [0.5, 0.6) is 0 Å². The number of urea groups is 1. The highest BCUT2D eigenvalue weighted by molar-refractivity contribution is 6.30. The van der Waals surface area contributed by atoms with Crippen LogP contribution in [0.4, 0.5) is 4.79 Å². The lowest BCUT2D eigenvalue weighted by atomic mass is 9.92. The third-order valence-corrected chi connectivity index (χ3v) is 5.85. The molecule has 0 radical (unpaired) electrons. The van der Waals surface area contributed by atoms with E-state index in [9.17, 15) is 9.59 Å². The Morgan fingerprint density at radius 2 is 1.96 bits per heavy atom. The summed E-state index contributed by atoms with van der Waals surface area (Å²) in [5.41, 5.74) is 0.976. The number of imide groups is 1. The van der Waals surface area contributed by atoms with Crippen LogP contribution < -0.4 is 0 Å². The van der Waals surface area contributed by atoms with E-state index in [0.29, 0.717) is 11.6 Å². The van der Waals surface area contributed by atoms with Crippen molar-refractivity contribution >= 4 is 23.5 Å². The molecule has 28 heavy (non-hydrogen) atoms. The molecule has 0 unspecified atom stereocenters. The lowest BCUT2D eigenvalue weighted by Crippen LogP contribution is -2.52. The van der Waals surface area contributed by atoms with Crippen molar-refractivity contribution in [1.29, 1.82) is 0 Å². The average Bonchev–Trinajstić information content (AvgIpc) is 2.94. The van der Waals surface area contributed by atoms with Crippen molar-refractivity contribution in [2.45, 2.75) is 39.3 Å². The van der Waals surface area contributed by atoms with Crippen LogP contribution in [-0.2, 0) is 16.1 Å². The van der Waals surface area contributed by atoms with Gasteiger partial charge in [-0.3, -0.25) is 9.69 Å². The van der Waals surface area contributed by atoms with Gasteiger partial charge in [-0.25, -0.2) is 4.79 Å². The fourth-order valence-corrected chi connectivity index (χ4v) is 4.29. The molecule has 0 bridgehead atoms. The number of halogens is 1. The van der Waals surface area contributed by atoms with E-state index in [2.05, 4.69) is 11.8 Å². The van der Waals surface area contributed by atoms with Crippen LogP contribution in [-0.4, -0.2) is 72.1 Å². The first kappa shape index (κ1) is 21.1. The van der Waals surface area contributed by atoms with Crippen molar-refractivity contribution in [3.63, 3.8) is 0 Å². The lowest BCUT2D eigenvalue weighted by Gasteiger charge is -2.40. The van der Waals surface area contributed by atoms with E-state index < -0.39 is 0 Å². The molecule has 2 heterocycles. The van der Waals surface area contributed by atoms with Gasteiger partial charge in [0, 0.05) is 50.5 Å². The van der Waals surface area contributed by atoms with Gasteiger partial charge in [-0.05, 0) is 43.4 Å². The Labute approximate surface area is 172 Å². The molecule has 0 spiro atoms. The number of likely N-dealkylation sites (tertiary alicyclic amines) is 1. The summed E-state index contributed by atoms with van der Waals surface area (Å²) in [4.78, 5) is 31.1. The van der Waals surface area contributed by atoms with Crippen LogP contribution in [0.25, 0.3) is 0 Å². The molecule has 0 aliphatic carbocycles. The van der Waals surface area contributed by atoms with Crippen LogP contribution in [0.2, 0.25) is 5.02 Å². The first-order valence-electron chi connectivity index (χ1n) is 10.1. The van der Waals surface area contributed by atoms with Gasteiger partial charge in [0.1, 0.15) is 6.54 Å². The molecule has 2 saturated heterocycles. The zero-order valence-corrected chi connectivity index (χ0v) is 17.5. The second kappa shape index (κ2) is 9.72. The van der Waals surface area contributed by atoms with E-state index in [1.165, 1.54) is 4.90 Å². The summed E-state index contributed by atoms with van der Waals surface area (Å²) in [5, 5.41) is 0.663. The van der Waals surface area contributed by atoms with Crippen LogP contribution in [0.3, 0.4) is 0 Å². The average molecular weight is 408 g/mol. The number of amides is 3. The molecule has 7 heteroatoms.